The van der Waals surface area contributed by atoms with Crippen LogP contribution in [0.1, 0.15) is 37.5 Å². The maximum absolute atomic E-state index is 13.1. The molecule has 0 heterocycles. The molecule has 0 saturated carbocycles. The van der Waals surface area contributed by atoms with E-state index in [0.29, 0.717) is 5.02 Å². The van der Waals surface area contributed by atoms with E-state index in [1.165, 1.54) is 6.07 Å². The molecule has 0 amide bonds. The zero-order valence-corrected chi connectivity index (χ0v) is 18.0. The monoisotopic (exact) mass is 417 g/mol. The molecule has 0 spiro atoms. The van der Waals surface area contributed by atoms with Crippen LogP contribution in [0.25, 0.3) is 0 Å². The zero-order chi connectivity index (χ0) is 19.9. The number of benzene rings is 3. The molecule has 0 unspecified atom stereocenters. The molecule has 0 aliphatic rings. The van der Waals surface area contributed by atoms with Gasteiger partial charge in [0.1, 0.15) is 5.75 Å². The van der Waals surface area contributed by atoms with Crippen molar-refractivity contribution in [2.75, 3.05) is 0 Å². The summed E-state index contributed by atoms with van der Waals surface area (Å²) in [6.07, 6.45) is 0. The van der Waals surface area contributed by atoms with E-state index in [4.69, 9.17) is 11.6 Å². The predicted molar refractivity (Wildman–Crippen MR) is 109 cm³/mol. The molecule has 0 aliphatic heterocycles. The Labute approximate surface area is 174 Å². The van der Waals surface area contributed by atoms with E-state index in [-0.39, 0.29) is 11.2 Å². The first-order valence-electron chi connectivity index (χ1n) is 8.65. The van der Waals surface area contributed by atoms with Gasteiger partial charge in [-0.15, -0.1) is 0 Å². The number of hydrogen-bond donors (Lipinski definition) is 1. The first-order valence-corrected chi connectivity index (χ1v) is 10.4. The second-order valence-electron chi connectivity index (χ2n) is 7.15. The van der Waals surface area contributed by atoms with E-state index in [2.05, 4.69) is 20.8 Å². The minimum absolute atomic E-state index is 0.0301. The third kappa shape index (κ3) is 6.73. The average molecular weight is 418 g/mol. The van der Waals surface area contributed by atoms with Crippen molar-refractivity contribution < 1.29 is 27.4 Å². The number of hydrogen-bond acceptors (Lipinski definition) is 1. The summed E-state index contributed by atoms with van der Waals surface area (Å²) >= 11 is 4.27. The standard InChI is InChI=1S/C13H10.C10H13ClO.FH.Ti/c1-3-7-12(8-4-1)11-13-9-5-2-6-10-13;1-10(2,3)7-4-8(11)6-9(12)5-7;;/h1-10H;4-6,12H,1-3H3;1H;/q;;;+1/p-1. The number of rotatable bonds is 2. The molecular formula is C23H23ClFOTi. The van der Waals surface area contributed by atoms with Crippen molar-refractivity contribution in [1.82, 2.24) is 0 Å². The van der Waals surface area contributed by atoms with Gasteiger partial charge in [-0.2, -0.15) is 0 Å². The Morgan fingerprint density at radius 1 is 0.852 bits per heavy atom. The molecule has 27 heavy (non-hydrogen) atoms. The van der Waals surface area contributed by atoms with Crippen LogP contribution in [0.15, 0.2) is 78.9 Å². The van der Waals surface area contributed by atoms with Gasteiger partial charge in [0.25, 0.3) is 0 Å². The van der Waals surface area contributed by atoms with E-state index in [1.807, 2.05) is 66.7 Å². The third-order valence-corrected chi connectivity index (χ3v) is 5.38. The fourth-order valence-electron chi connectivity index (χ4n) is 2.49. The van der Waals surface area contributed by atoms with Crippen LogP contribution in [0.5, 0.6) is 5.75 Å². The molecule has 3 aromatic carbocycles. The number of aromatic hydroxyl groups is 1. The molecule has 0 fully saturated rings. The van der Waals surface area contributed by atoms with Crippen molar-refractivity contribution in [1.29, 1.82) is 0 Å². The Morgan fingerprint density at radius 2 is 1.33 bits per heavy atom. The van der Waals surface area contributed by atoms with Crippen LogP contribution in [-0.2, 0) is 24.6 Å². The second-order valence-corrected chi connectivity index (χ2v) is 8.66. The third-order valence-electron chi connectivity index (χ3n) is 3.97. The molecule has 0 bridgehead atoms. The maximum atomic E-state index is 13.1. The summed E-state index contributed by atoms with van der Waals surface area (Å²) in [6.45, 7) is 6.24. The Balaban J connectivity index is 0.000000199. The molecule has 1 nitrogen and oxygen atoms in total. The van der Waals surface area contributed by atoms with E-state index in [1.54, 1.807) is 6.07 Å². The van der Waals surface area contributed by atoms with E-state index in [9.17, 15) is 8.20 Å². The van der Waals surface area contributed by atoms with E-state index >= 15 is 0 Å². The molecule has 1 N–H and O–H groups in total. The SMILES string of the molecule is CC(C)(C)c1cc(O)cc(Cl)c1.[F][Ti]=[C](c1ccccc1)c1ccccc1. The van der Waals surface area contributed by atoms with Gasteiger partial charge in [-0.1, -0.05) is 32.4 Å². The van der Waals surface area contributed by atoms with Gasteiger partial charge < -0.3 is 5.11 Å². The van der Waals surface area contributed by atoms with Crippen molar-refractivity contribution >= 4 is 15.4 Å². The normalized spacial score (nSPS) is 10.4. The number of phenolic OH excluding ortho intramolecular Hbond substituents is 1. The van der Waals surface area contributed by atoms with Crippen LogP contribution in [0, 0.1) is 0 Å². The zero-order valence-electron chi connectivity index (χ0n) is 15.7. The fourth-order valence-corrected chi connectivity index (χ4v) is 3.58. The van der Waals surface area contributed by atoms with Crippen molar-refractivity contribution in [3.05, 3.63) is 101 Å². The second kappa shape index (κ2) is 9.99. The summed E-state index contributed by atoms with van der Waals surface area (Å²) in [7, 11) is 0. The quantitative estimate of drug-likeness (QED) is 0.468. The molecule has 3 rings (SSSR count). The molecule has 0 atom stereocenters. The van der Waals surface area contributed by atoms with Gasteiger partial charge in [-0.25, -0.2) is 0 Å². The summed E-state index contributed by atoms with van der Waals surface area (Å²) < 4.78 is 14.0. The van der Waals surface area contributed by atoms with Gasteiger partial charge in [0.2, 0.25) is 0 Å². The van der Waals surface area contributed by atoms with Crippen LogP contribution < -0.4 is 0 Å². The summed E-state index contributed by atoms with van der Waals surface area (Å²) in [4.78, 5) is 0. The van der Waals surface area contributed by atoms with Gasteiger partial charge in [0.05, 0.1) is 0 Å². The van der Waals surface area contributed by atoms with E-state index < -0.39 is 19.2 Å². The van der Waals surface area contributed by atoms with Crippen molar-refractivity contribution in [3.63, 3.8) is 0 Å². The molecule has 0 saturated heterocycles. The van der Waals surface area contributed by atoms with Crippen LogP contribution in [0.2, 0.25) is 5.02 Å². The first-order chi connectivity index (χ1) is 12.8. The molecule has 3 aromatic rings. The van der Waals surface area contributed by atoms with E-state index in [0.717, 1.165) is 20.5 Å². The van der Waals surface area contributed by atoms with Crippen LogP contribution in [0.4, 0.5) is 3.09 Å². The van der Waals surface area contributed by atoms with Gasteiger partial charge >= 0.3 is 97.9 Å². The van der Waals surface area contributed by atoms with Crippen LogP contribution in [-0.4, -0.2) is 8.92 Å². The minimum atomic E-state index is -1.53. The Kier molecular flexibility index (Phi) is 7.98. The average Bonchev–Trinajstić information content (AvgIpc) is 2.63. The molecule has 0 radical (unpaired) electrons. The fraction of sp³-hybridized carbons (Fsp3) is 0.174. The van der Waals surface area contributed by atoms with Crippen LogP contribution >= 0.6 is 11.6 Å². The van der Waals surface area contributed by atoms with Crippen molar-refractivity contribution in [2.24, 2.45) is 0 Å². The summed E-state index contributed by atoms with van der Waals surface area (Å²) in [5.74, 6) is 0.229. The topological polar surface area (TPSA) is 20.2 Å². The molecular weight excluding hydrogens is 395 g/mol. The van der Waals surface area contributed by atoms with Crippen molar-refractivity contribution in [2.45, 2.75) is 26.2 Å². The summed E-state index contributed by atoms with van der Waals surface area (Å²) in [6, 6.07) is 24.7. The van der Waals surface area contributed by atoms with Gasteiger partial charge in [0.15, 0.2) is 0 Å². The summed E-state index contributed by atoms with van der Waals surface area (Å²) in [5, 5.41) is 9.86. The van der Waals surface area contributed by atoms with Crippen LogP contribution in [0.3, 0.4) is 0 Å². The molecule has 139 valence electrons. The number of phenols is 1. The van der Waals surface area contributed by atoms with Crippen molar-refractivity contribution in [3.8, 4) is 5.75 Å². The molecule has 0 aromatic heterocycles. The van der Waals surface area contributed by atoms with Gasteiger partial charge in [-0.3, -0.25) is 0 Å². The Bertz CT molecular complexity index is 826. The predicted octanol–water partition coefficient (Wildman–Crippen LogP) is 6.57. The van der Waals surface area contributed by atoms with Gasteiger partial charge in [-0.05, 0) is 29.2 Å². The Hall–Kier alpha value is -1.74. The molecule has 0 aliphatic carbocycles. The first kappa shape index (κ1) is 21.6. The molecule has 4 heteroatoms. The number of halogens is 2. The summed E-state index contributed by atoms with van der Waals surface area (Å²) in [5.41, 5.74) is 3.09. The Morgan fingerprint density at radius 3 is 1.70 bits per heavy atom. The van der Waals surface area contributed by atoms with Gasteiger partial charge in [0, 0.05) is 5.02 Å².